The molecular weight excluding hydrogens is 294 g/mol. The average Bonchev–Trinajstić information content (AvgIpc) is 2.39. The van der Waals surface area contributed by atoms with Crippen LogP contribution in [-0.2, 0) is 4.74 Å². The molecule has 0 amide bonds. The summed E-state index contributed by atoms with van der Waals surface area (Å²) in [6, 6.07) is 6.51. The van der Waals surface area contributed by atoms with E-state index in [0.29, 0.717) is 0 Å². The SMILES string of the molecule is CNC(C)c1ccc(Br)cc1OC1CCOCC1. The molecule has 1 aliphatic rings. The van der Waals surface area contributed by atoms with Gasteiger partial charge in [-0.25, -0.2) is 0 Å². The highest BCUT2D eigenvalue weighted by molar-refractivity contribution is 9.10. The summed E-state index contributed by atoms with van der Waals surface area (Å²) in [4.78, 5) is 0. The Hall–Kier alpha value is -0.580. The molecule has 0 saturated carbocycles. The van der Waals surface area contributed by atoms with Gasteiger partial charge in [0.25, 0.3) is 0 Å². The molecule has 18 heavy (non-hydrogen) atoms. The Morgan fingerprint density at radius 2 is 2.11 bits per heavy atom. The Balaban J connectivity index is 2.15. The maximum absolute atomic E-state index is 6.14. The third-order valence-corrected chi connectivity index (χ3v) is 3.83. The predicted octanol–water partition coefficient (Wildman–Crippen LogP) is 3.29. The van der Waals surface area contributed by atoms with Gasteiger partial charge in [-0.2, -0.15) is 0 Å². The summed E-state index contributed by atoms with van der Waals surface area (Å²) in [6.07, 6.45) is 2.22. The van der Waals surface area contributed by atoms with Gasteiger partial charge in [-0.1, -0.05) is 22.0 Å². The molecular formula is C14H20BrNO2. The van der Waals surface area contributed by atoms with E-state index in [0.717, 1.165) is 36.3 Å². The van der Waals surface area contributed by atoms with Crippen molar-refractivity contribution in [2.45, 2.75) is 31.9 Å². The maximum Gasteiger partial charge on any atom is 0.125 e. The number of hydrogen-bond donors (Lipinski definition) is 1. The van der Waals surface area contributed by atoms with Gasteiger partial charge in [-0.3, -0.25) is 0 Å². The molecule has 1 aromatic rings. The summed E-state index contributed by atoms with van der Waals surface area (Å²) in [5.74, 6) is 0.970. The minimum Gasteiger partial charge on any atom is -0.490 e. The van der Waals surface area contributed by atoms with Crippen LogP contribution in [-0.4, -0.2) is 26.4 Å². The fourth-order valence-electron chi connectivity index (χ4n) is 2.10. The minimum atomic E-state index is 0.274. The van der Waals surface area contributed by atoms with Crippen molar-refractivity contribution in [3.8, 4) is 5.75 Å². The van der Waals surface area contributed by atoms with Crippen molar-refractivity contribution in [3.05, 3.63) is 28.2 Å². The van der Waals surface area contributed by atoms with Crippen LogP contribution in [0.1, 0.15) is 31.4 Å². The molecule has 1 aromatic carbocycles. The van der Waals surface area contributed by atoms with Gasteiger partial charge in [0.1, 0.15) is 11.9 Å². The van der Waals surface area contributed by atoms with Gasteiger partial charge in [0, 0.05) is 28.9 Å². The normalized spacial score (nSPS) is 18.6. The lowest BCUT2D eigenvalue weighted by Gasteiger charge is -2.26. The van der Waals surface area contributed by atoms with E-state index < -0.39 is 0 Å². The van der Waals surface area contributed by atoms with Crippen LogP contribution in [0.3, 0.4) is 0 Å². The smallest absolute Gasteiger partial charge is 0.125 e. The van der Waals surface area contributed by atoms with Crippen LogP contribution in [0.2, 0.25) is 0 Å². The first-order valence-corrected chi connectivity index (χ1v) is 7.21. The summed E-state index contributed by atoms with van der Waals surface area (Å²) in [5, 5.41) is 3.26. The molecule has 0 spiro atoms. The van der Waals surface area contributed by atoms with Crippen LogP contribution >= 0.6 is 15.9 Å². The lowest BCUT2D eigenvalue weighted by molar-refractivity contribution is 0.0250. The van der Waals surface area contributed by atoms with Gasteiger partial charge < -0.3 is 14.8 Å². The number of hydrogen-bond acceptors (Lipinski definition) is 3. The number of benzene rings is 1. The molecule has 0 bridgehead atoms. The highest BCUT2D eigenvalue weighted by atomic mass is 79.9. The van der Waals surface area contributed by atoms with E-state index in [1.165, 1.54) is 5.56 Å². The molecule has 0 aromatic heterocycles. The lowest BCUT2D eigenvalue weighted by atomic mass is 10.1. The van der Waals surface area contributed by atoms with E-state index in [2.05, 4.69) is 46.4 Å². The van der Waals surface area contributed by atoms with Crippen LogP contribution in [0.15, 0.2) is 22.7 Å². The zero-order valence-electron chi connectivity index (χ0n) is 10.9. The van der Waals surface area contributed by atoms with Crippen molar-refractivity contribution in [2.24, 2.45) is 0 Å². The fraction of sp³-hybridized carbons (Fsp3) is 0.571. The van der Waals surface area contributed by atoms with E-state index in [1.54, 1.807) is 0 Å². The minimum absolute atomic E-state index is 0.274. The molecule has 2 rings (SSSR count). The Morgan fingerprint density at radius 1 is 1.39 bits per heavy atom. The van der Waals surface area contributed by atoms with Gasteiger partial charge in [-0.15, -0.1) is 0 Å². The first kappa shape index (κ1) is 13.8. The number of rotatable bonds is 4. The lowest BCUT2D eigenvalue weighted by Crippen LogP contribution is -2.26. The topological polar surface area (TPSA) is 30.5 Å². The molecule has 4 heteroatoms. The first-order chi connectivity index (χ1) is 8.70. The summed E-state index contributed by atoms with van der Waals surface area (Å²) in [7, 11) is 1.96. The van der Waals surface area contributed by atoms with Crippen LogP contribution < -0.4 is 10.1 Å². The van der Waals surface area contributed by atoms with Crippen molar-refractivity contribution < 1.29 is 9.47 Å². The second-order valence-electron chi connectivity index (χ2n) is 4.62. The Kier molecular flexibility index (Phi) is 5.03. The standard InChI is InChI=1S/C14H20BrNO2/c1-10(16-2)13-4-3-11(15)9-14(13)18-12-5-7-17-8-6-12/h3-4,9-10,12,16H,5-8H2,1-2H3. The molecule has 0 aliphatic carbocycles. The molecule has 1 atom stereocenters. The number of ether oxygens (including phenoxy) is 2. The third-order valence-electron chi connectivity index (χ3n) is 3.34. The van der Waals surface area contributed by atoms with E-state index in [-0.39, 0.29) is 12.1 Å². The number of halogens is 1. The fourth-order valence-corrected chi connectivity index (χ4v) is 2.44. The summed E-state index contributed by atoms with van der Waals surface area (Å²) in [6.45, 7) is 3.74. The van der Waals surface area contributed by atoms with Crippen molar-refractivity contribution in [2.75, 3.05) is 20.3 Å². The molecule has 1 heterocycles. The average molecular weight is 314 g/mol. The largest absolute Gasteiger partial charge is 0.490 e. The molecule has 1 unspecified atom stereocenters. The van der Waals surface area contributed by atoms with Crippen molar-refractivity contribution in [1.29, 1.82) is 0 Å². The Morgan fingerprint density at radius 3 is 2.78 bits per heavy atom. The van der Waals surface area contributed by atoms with E-state index in [9.17, 15) is 0 Å². The summed E-state index contributed by atoms with van der Waals surface area (Å²) < 4.78 is 12.6. The van der Waals surface area contributed by atoms with Crippen LogP contribution in [0.25, 0.3) is 0 Å². The van der Waals surface area contributed by atoms with Crippen molar-refractivity contribution in [3.63, 3.8) is 0 Å². The predicted molar refractivity (Wildman–Crippen MR) is 76.1 cm³/mol. The zero-order valence-corrected chi connectivity index (χ0v) is 12.5. The summed E-state index contributed by atoms with van der Waals surface area (Å²) in [5.41, 5.74) is 1.20. The second kappa shape index (κ2) is 6.55. The molecule has 100 valence electrons. The van der Waals surface area contributed by atoms with Gasteiger partial charge in [0.05, 0.1) is 13.2 Å². The maximum atomic E-state index is 6.14. The van der Waals surface area contributed by atoms with E-state index in [1.807, 2.05) is 7.05 Å². The quantitative estimate of drug-likeness (QED) is 0.925. The van der Waals surface area contributed by atoms with Gasteiger partial charge >= 0.3 is 0 Å². The Bertz CT molecular complexity index is 391. The second-order valence-corrected chi connectivity index (χ2v) is 5.54. The molecule has 0 radical (unpaired) electrons. The van der Waals surface area contributed by atoms with E-state index in [4.69, 9.17) is 9.47 Å². The first-order valence-electron chi connectivity index (χ1n) is 6.42. The Labute approximate surface area is 117 Å². The van der Waals surface area contributed by atoms with Crippen LogP contribution in [0.4, 0.5) is 0 Å². The van der Waals surface area contributed by atoms with Gasteiger partial charge in [-0.05, 0) is 26.1 Å². The molecule has 1 saturated heterocycles. The van der Waals surface area contributed by atoms with Crippen LogP contribution in [0, 0.1) is 0 Å². The molecule has 1 aliphatic heterocycles. The highest BCUT2D eigenvalue weighted by Crippen LogP contribution is 2.30. The number of nitrogens with one attached hydrogen (secondary N) is 1. The van der Waals surface area contributed by atoms with Crippen molar-refractivity contribution in [1.82, 2.24) is 5.32 Å². The monoisotopic (exact) mass is 313 g/mol. The third kappa shape index (κ3) is 3.46. The molecule has 1 fully saturated rings. The highest BCUT2D eigenvalue weighted by Gasteiger charge is 2.18. The molecule has 1 N–H and O–H groups in total. The van der Waals surface area contributed by atoms with E-state index >= 15 is 0 Å². The zero-order chi connectivity index (χ0) is 13.0. The van der Waals surface area contributed by atoms with Crippen LogP contribution in [0.5, 0.6) is 5.75 Å². The van der Waals surface area contributed by atoms with Crippen molar-refractivity contribution >= 4 is 15.9 Å². The van der Waals surface area contributed by atoms with Gasteiger partial charge in [0.15, 0.2) is 0 Å². The molecule has 3 nitrogen and oxygen atoms in total. The summed E-state index contributed by atoms with van der Waals surface area (Å²) >= 11 is 3.51. The van der Waals surface area contributed by atoms with Gasteiger partial charge in [0.2, 0.25) is 0 Å².